The Morgan fingerprint density at radius 2 is 1.73 bits per heavy atom. The van der Waals surface area contributed by atoms with Crippen molar-refractivity contribution in [1.82, 2.24) is 5.32 Å². The van der Waals surface area contributed by atoms with E-state index in [2.05, 4.69) is 10.6 Å². The van der Waals surface area contributed by atoms with Crippen molar-refractivity contribution >= 4 is 29.6 Å². The van der Waals surface area contributed by atoms with Gasteiger partial charge in [-0.25, -0.2) is 0 Å². The quantitative estimate of drug-likeness (QED) is 0.248. The molecule has 2 rings (SSSR count). The molecule has 11 nitrogen and oxygen atoms in total. The van der Waals surface area contributed by atoms with Gasteiger partial charge in [-0.2, -0.15) is 0 Å². The third-order valence-corrected chi connectivity index (χ3v) is 4.64. The number of phenols is 2. The van der Waals surface area contributed by atoms with E-state index in [0.717, 1.165) is 12.1 Å². The maximum atomic E-state index is 12.5. The Bertz CT molecular complexity index is 985. The molecule has 0 aliphatic heterocycles. The molecule has 4 N–H and O–H groups in total. The van der Waals surface area contributed by atoms with Gasteiger partial charge in [0.15, 0.2) is 30.8 Å². The largest absolute Gasteiger partial charge is 0.507 e. The Morgan fingerprint density at radius 1 is 1.03 bits per heavy atom. The number of carbonyl (C=O) groups is 2. The number of aromatic hydroxyl groups is 2. The van der Waals surface area contributed by atoms with Crippen LogP contribution in [0.4, 0.5) is 5.69 Å². The highest BCUT2D eigenvalue weighted by Gasteiger charge is 2.22. The van der Waals surface area contributed by atoms with Gasteiger partial charge >= 0.3 is 0 Å². The van der Waals surface area contributed by atoms with Crippen molar-refractivity contribution in [2.75, 3.05) is 46.8 Å². The summed E-state index contributed by atoms with van der Waals surface area (Å²) in [6, 6.07) is 3.64. The van der Waals surface area contributed by atoms with Gasteiger partial charge in [0.05, 0.1) is 23.4 Å². The van der Waals surface area contributed by atoms with Crippen molar-refractivity contribution in [2.24, 2.45) is 0 Å². The normalized spacial score (nSPS) is 10.4. The molecular weight excluding hydrogens is 460 g/mol. The van der Waals surface area contributed by atoms with Gasteiger partial charge in [-0.15, -0.1) is 0 Å². The van der Waals surface area contributed by atoms with Crippen LogP contribution in [0.3, 0.4) is 0 Å². The second-order valence-corrected chi connectivity index (χ2v) is 6.86. The predicted molar refractivity (Wildman–Crippen MR) is 119 cm³/mol. The first kappa shape index (κ1) is 25.8. The molecule has 0 saturated heterocycles. The summed E-state index contributed by atoms with van der Waals surface area (Å²) >= 11 is 5.83. The number of hydrogen-bond donors (Lipinski definition) is 4. The summed E-state index contributed by atoms with van der Waals surface area (Å²) in [5, 5.41) is 24.6. The lowest BCUT2D eigenvalue weighted by Crippen LogP contribution is -2.26. The van der Waals surface area contributed by atoms with Crippen molar-refractivity contribution in [2.45, 2.75) is 6.42 Å². The second kappa shape index (κ2) is 12.6. The Balaban J connectivity index is 2.35. The lowest BCUT2D eigenvalue weighted by molar-refractivity contribution is -0.105. The van der Waals surface area contributed by atoms with Crippen LogP contribution < -0.4 is 24.8 Å². The fourth-order valence-electron chi connectivity index (χ4n) is 2.94. The molecule has 2 aromatic carbocycles. The van der Waals surface area contributed by atoms with E-state index in [1.165, 1.54) is 27.4 Å². The molecule has 12 heteroatoms. The van der Waals surface area contributed by atoms with Gasteiger partial charge < -0.3 is 44.5 Å². The summed E-state index contributed by atoms with van der Waals surface area (Å²) in [7, 11) is 4.32. The minimum atomic E-state index is -0.620. The zero-order chi connectivity index (χ0) is 24.4. The zero-order valence-corrected chi connectivity index (χ0v) is 19.0. The van der Waals surface area contributed by atoms with E-state index < -0.39 is 11.7 Å². The predicted octanol–water partition coefficient (Wildman–Crippen LogP) is 2.27. The van der Waals surface area contributed by atoms with Gasteiger partial charge in [-0.05, 0) is 12.5 Å². The molecule has 0 aromatic heterocycles. The first-order chi connectivity index (χ1) is 15.9. The number of anilines is 1. The molecule has 0 bridgehead atoms. The fourth-order valence-corrected chi connectivity index (χ4v) is 3.10. The van der Waals surface area contributed by atoms with Crippen LogP contribution in [0.15, 0.2) is 18.2 Å². The number of benzene rings is 2. The first-order valence-corrected chi connectivity index (χ1v) is 9.92. The maximum Gasteiger partial charge on any atom is 0.255 e. The average molecular weight is 485 g/mol. The second-order valence-electron chi connectivity index (χ2n) is 6.45. The summed E-state index contributed by atoms with van der Waals surface area (Å²) in [6.45, 7) is -0.120. The van der Waals surface area contributed by atoms with Crippen molar-refractivity contribution in [3.8, 4) is 28.7 Å². The third-order valence-electron chi connectivity index (χ3n) is 4.33. The molecule has 2 amide bonds. The van der Waals surface area contributed by atoms with Gasteiger partial charge in [0.2, 0.25) is 6.41 Å². The minimum Gasteiger partial charge on any atom is -0.507 e. The molecule has 2 aromatic rings. The maximum absolute atomic E-state index is 12.5. The number of ether oxygens (including phenoxy) is 5. The molecule has 0 radical (unpaired) electrons. The number of amides is 2. The molecule has 0 aliphatic rings. The Morgan fingerprint density at radius 3 is 2.36 bits per heavy atom. The summed E-state index contributed by atoms with van der Waals surface area (Å²) in [4.78, 5) is 23.6. The highest BCUT2D eigenvalue weighted by Crippen LogP contribution is 2.43. The number of rotatable bonds is 13. The van der Waals surface area contributed by atoms with Gasteiger partial charge in [0.1, 0.15) is 11.5 Å². The van der Waals surface area contributed by atoms with E-state index in [9.17, 15) is 19.8 Å². The van der Waals surface area contributed by atoms with E-state index in [1.807, 2.05) is 0 Å². The number of hydrogen-bond acceptors (Lipinski definition) is 9. The average Bonchev–Trinajstić information content (AvgIpc) is 2.79. The number of phenolic OH excluding ortho intramolecular Hbond substituents is 2. The van der Waals surface area contributed by atoms with Crippen LogP contribution in [0.25, 0.3) is 0 Å². The van der Waals surface area contributed by atoms with Gasteiger partial charge in [-0.1, -0.05) is 11.6 Å². The highest BCUT2D eigenvalue weighted by atomic mass is 35.5. The summed E-state index contributed by atoms with van der Waals surface area (Å²) in [5.41, 5.74) is 0.653. The Kier molecular flexibility index (Phi) is 9.85. The van der Waals surface area contributed by atoms with Crippen LogP contribution in [0.2, 0.25) is 5.02 Å². The molecule has 0 fully saturated rings. The van der Waals surface area contributed by atoms with Crippen LogP contribution in [0.1, 0.15) is 15.9 Å². The van der Waals surface area contributed by atoms with E-state index >= 15 is 0 Å². The third kappa shape index (κ3) is 6.54. The van der Waals surface area contributed by atoms with E-state index in [1.54, 1.807) is 0 Å². The molecule has 0 unspecified atom stereocenters. The van der Waals surface area contributed by atoms with Crippen molar-refractivity contribution in [3.05, 3.63) is 34.3 Å². The zero-order valence-electron chi connectivity index (χ0n) is 18.3. The summed E-state index contributed by atoms with van der Waals surface area (Å²) in [6.07, 6.45) is 0.655. The van der Waals surface area contributed by atoms with E-state index in [0.29, 0.717) is 23.4 Å². The number of nitrogens with one attached hydrogen (secondary N) is 2. The van der Waals surface area contributed by atoms with Gasteiger partial charge in [-0.3, -0.25) is 9.59 Å². The topological polar surface area (TPSA) is 145 Å². The number of halogens is 1. The van der Waals surface area contributed by atoms with Gasteiger partial charge in [0.25, 0.3) is 5.91 Å². The number of methoxy groups -OCH3 is 3. The van der Waals surface area contributed by atoms with Crippen molar-refractivity contribution < 1.29 is 43.5 Å². The lowest BCUT2D eigenvalue weighted by Gasteiger charge is -2.21. The van der Waals surface area contributed by atoms with Crippen LogP contribution in [-0.4, -0.2) is 64.0 Å². The van der Waals surface area contributed by atoms with Crippen LogP contribution in [0, 0.1) is 0 Å². The fraction of sp³-hybridized carbons (Fsp3) is 0.333. The van der Waals surface area contributed by atoms with Gasteiger partial charge in [0, 0.05) is 38.5 Å². The lowest BCUT2D eigenvalue weighted by atomic mass is 10.1. The number of carbonyl (C=O) groups excluding carboxylic acids is 2. The smallest absolute Gasteiger partial charge is 0.255 e. The van der Waals surface area contributed by atoms with Crippen LogP contribution in [-0.2, 0) is 20.7 Å². The standard InChI is InChI=1S/C21H25ClN2O9/c1-29-10-32-18-7-15(24-9-25)19(33-11-30-2)12(20(18)31-3)4-5-23-21(28)13-6-14(22)17(27)8-16(13)26/h6-9,26-27H,4-5,10-11H2,1-3H3,(H,23,28)(H,24,25). The monoisotopic (exact) mass is 484 g/mol. The molecular formula is C21H25ClN2O9. The van der Waals surface area contributed by atoms with E-state index in [-0.39, 0.29) is 54.4 Å². The molecule has 0 heterocycles. The molecule has 0 aliphatic carbocycles. The Labute approximate surface area is 195 Å². The SMILES string of the molecule is COCOc1cc(NC=O)c(OCOC)c(CCNC(=O)c2cc(Cl)c(O)cc2O)c1OC. The first-order valence-electron chi connectivity index (χ1n) is 9.55. The molecule has 33 heavy (non-hydrogen) atoms. The Hall–Kier alpha value is -3.41. The minimum absolute atomic E-state index is 0.0741. The highest BCUT2D eigenvalue weighted by molar-refractivity contribution is 6.32. The van der Waals surface area contributed by atoms with Crippen LogP contribution in [0.5, 0.6) is 28.7 Å². The van der Waals surface area contributed by atoms with Crippen LogP contribution >= 0.6 is 11.6 Å². The van der Waals surface area contributed by atoms with Crippen molar-refractivity contribution in [1.29, 1.82) is 0 Å². The van der Waals surface area contributed by atoms with E-state index in [4.69, 9.17) is 35.3 Å². The molecule has 0 saturated carbocycles. The summed E-state index contributed by atoms with van der Waals surface area (Å²) in [5.74, 6) is -0.555. The molecule has 0 spiro atoms. The molecule has 0 atom stereocenters. The molecule has 180 valence electrons. The van der Waals surface area contributed by atoms with Crippen molar-refractivity contribution in [3.63, 3.8) is 0 Å². The summed E-state index contributed by atoms with van der Waals surface area (Å²) < 4.78 is 26.6.